The Bertz CT molecular complexity index is 556. The van der Waals surface area contributed by atoms with Crippen LogP contribution in [0.15, 0.2) is 36.5 Å². The molecule has 0 saturated carbocycles. The van der Waals surface area contributed by atoms with E-state index in [0.717, 1.165) is 18.6 Å². The fourth-order valence-electron chi connectivity index (χ4n) is 3.04. The molecule has 0 radical (unpaired) electrons. The average molecular weight is 269 g/mol. The highest BCUT2D eigenvalue weighted by atomic mass is 15.2. The summed E-state index contributed by atoms with van der Waals surface area (Å²) in [5.41, 5.74) is 2.41. The van der Waals surface area contributed by atoms with E-state index in [1.807, 2.05) is 12.3 Å². The van der Waals surface area contributed by atoms with Gasteiger partial charge in [-0.2, -0.15) is 0 Å². The van der Waals surface area contributed by atoms with Crippen molar-refractivity contribution in [1.82, 2.24) is 15.2 Å². The van der Waals surface area contributed by atoms with Crippen molar-refractivity contribution in [1.29, 1.82) is 0 Å². The van der Waals surface area contributed by atoms with Crippen LogP contribution in [0.1, 0.15) is 25.3 Å². The molecule has 1 aromatic carbocycles. The Kier molecular flexibility index (Phi) is 4.28. The summed E-state index contributed by atoms with van der Waals surface area (Å²) in [6.07, 6.45) is 4.59. The summed E-state index contributed by atoms with van der Waals surface area (Å²) in [6.45, 7) is 6.78. The van der Waals surface area contributed by atoms with E-state index in [0.29, 0.717) is 6.04 Å². The van der Waals surface area contributed by atoms with Gasteiger partial charge in [0.1, 0.15) is 0 Å². The Labute approximate surface area is 121 Å². The summed E-state index contributed by atoms with van der Waals surface area (Å²) in [5, 5.41) is 4.81. The second-order valence-electron chi connectivity index (χ2n) is 5.72. The molecule has 0 spiro atoms. The summed E-state index contributed by atoms with van der Waals surface area (Å²) in [4.78, 5) is 7.08. The lowest BCUT2D eigenvalue weighted by Gasteiger charge is -2.24. The number of hydrogen-bond donors (Lipinski definition) is 1. The molecule has 20 heavy (non-hydrogen) atoms. The van der Waals surface area contributed by atoms with E-state index in [4.69, 9.17) is 0 Å². The molecule has 3 nitrogen and oxygen atoms in total. The second kappa shape index (κ2) is 6.33. The van der Waals surface area contributed by atoms with Crippen molar-refractivity contribution >= 4 is 10.9 Å². The van der Waals surface area contributed by atoms with Gasteiger partial charge in [-0.3, -0.25) is 9.88 Å². The quantitative estimate of drug-likeness (QED) is 0.904. The average Bonchev–Trinajstić information content (AvgIpc) is 3.02. The predicted octanol–water partition coefficient (Wildman–Crippen LogP) is 2.81. The zero-order valence-corrected chi connectivity index (χ0v) is 12.2. The van der Waals surface area contributed by atoms with Gasteiger partial charge >= 0.3 is 0 Å². The molecule has 1 saturated heterocycles. The van der Waals surface area contributed by atoms with E-state index >= 15 is 0 Å². The van der Waals surface area contributed by atoms with Crippen LogP contribution in [0.4, 0.5) is 0 Å². The number of rotatable bonds is 5. The topological polar surface area (TPSA) is 28.2 Å². The second-order valence-corrected chi connectivity index (χ2v) is 5.72. The van der Waals surface area contributed by atoms with Crippen LogP contribution < -0.4 is 5.32 Å². The minimum absolute atomic E-state index is 0.625. The number of nitrogens with one attached hydrogen (secondary N) is 1. The van der Waals surface area contributed by atoms with Crippen molar-refractivity contribution in [3.8, 4) is 0 Å². The molecule has 0 aliphatic carbocycles. The molecule has 2 aromatic rings. The molecule has 1 N–H and O–H groups in total. The van der Waals surface area contributed by atoms with Gasteiger partial charge in [0, 0.05) is 30.7 Å². The summed E-state index contributed by atoms with van der Waals surface area (Å²) < 4.78 is 0. The largest absolute Gasteiger partial charge is 0.311 e. The molecule has 3 rings (SSSR count). The van der Waals surface area contributed by atoms with Crippen molar-refractivity contribution in [2.75, 3.05) is 19.6 Å². The summed E-state index contributed by atoms with van der Waals surface area (Å²) in [6, 6.07) is 11.2. The van der Waals surface area contributed by atoms with Crippen LogP contribution in [0.3, 0.4) is 0 Å². The highest BCUT2D eigenvalue weighted by Gasteiger charge is 2.17. The first kappa shape index (κ1) is 13.5. The molecule has 1 aliphatic heterocycles. The van der Waals surface area contributed by atoms with Crippen molar-refractivity contribution in [3.63, 3.8) is 0 Å². The highest BCUT2D eigenvalue weighted by Crippen LogP contribution is 2.16. The van der Waals surface area contributed by atoms with E-state index in [9.17, 15) is 0 Å². The normalized spacial score (nSPS) is 17.6. The lowest BCUT2D eigenvalue weighted by atomic mass is 10.1. The van der Waals surface area contributed by atoms with Crippen LogP contribution >= 0.6 is 0 Å². The van der Waals surface area contributed by atoms with Crippen molar-refractivity contribution < 1.29 is 0 Å². The van der Waals surface area contributed by atoms with Crippen molar-refractivity contribution in [2.24, 2.45) is 0 Å². The number of para-hydroxylation sites is 1. The number of nitrogens with zero attached hydrogens (tertiary/aromatic N) is 2. The molecule has 1 aliphatic rings. The van der Waals surface area contributed by atoms with Crippen molar-refractivity contribution in [2.45, 2.75) is 32.4 Å². The van der Waals surface area contributed by atoms with Crippen LogP contribution in [0.5, 0.6) is 0 Å². The lowest BCUT2D eigenvalue weighted by molar-refractivity contribution is 0.252. The maximum atomic E-state index is 4.51. The summed E-state index contributed by atoms with van der Waals surface area (Å²) >= 11 is 0. The van der Waals surface area contributed by atoms with Gasteiger partial charge in [0.25, 0.3) is 0 Å². The molecule has 0 bridgehead atoms. The molecule has 1 unspecified atom stereocenters. The molecule has 2 heterocycles. The van der Waals surface area contributed by atoms with Gasteiger partial charge in [0.2, 0.25) is 0 Å². The molecule has 0 amide bonds. The van der Waals surface area contributed by atoms with Crippen LogP contribution in [0.2, 0.25) is 0 Å². The number of benzene rings is 1. The Morgan fingerprint density at radius 3 is 2.85 bits per heavy atom. The van der Waals surface area contributed by atoms with E-state index in [1.165, 1.54) is 36.9 Å². The standard InChI is InChI=1S/C17H23N3/c1-14(20-10-2-3-11-20)12-18-13-16-7-4-6-15-8-5-9-19-17(15)16/h4-9,14,18H,2-3,10-13H2,1H3. The van der Waals surface area contributed by atoms with Crippen molar-refractivity contribution in [3.05, 3.63) is 42.1 Å². The fraction of sp³-hybridized carbons (Fsp3) is 0.471. The van der Waals surface area contributed by atoms with Crippen LogP contribution in [0.25, 0.3) is 10.9 Å². The van der Waals surface area contributed by atoms with Crippen LogP contribution in [-0.2, 0) is 6.54 Å². The van der Waals surface area contributed by atoms with Crippen LogP contribution in [0, 0.1) is 0 Å². The third kappa shape index (κ3) is 3.00. The van der Waals surface area contributed by atoms with E-state index in [2.05, 4.69) is 46.4 Å². The molecular formula is C17H23N3. The number of pyridine rings is 1. The molecular weight excluding hydrogens is 246 g/mol. The van der Waals surface area contributed by atoms with E-state index < -0.39 is 0 Å². The Hall–Kier alpha value is -1.45. The minimum atomic E-state index is 0.625. The zero-order valence-electron chi connectivity index (χ0n) is 12.2. The van der Waals surface area contributed by atoms with Crippen LogP contribution in [-0.4, -0.2) is 35.6 Å². The van der Waals surface area contributed by atoms with Gasteiger partial charge in [-0.25, -0.2) is 0 Å². The van der Waals surface area contributed by atoms with Gasteiger partial charge in [0.15, 0.2) is 0 Å². The van der Waals surface area contributed by atoms with Gasteiger partial charge in [-0.1, -0.05) is 24.3 Å². The maximum absolute atomic E-state index is 4.51. The Morgan fingerprint density at radius 1 is 1.20 bits per heavy atom. The monoisotopic (exact) mass is 269 g/mol. The molecule has 106 valence electrons. The first-order chi connectivity index (χ1) is 9.84. The van der Waals surface area contributed by atoms with Gasteiger partial charge in [0.05, 0.1) is 5.52 Å². The number of aromatic nitrogens is 1. The van der Waals surface area contributed by atoms with Gasteiger partial charge in [-0.05, 0) is 44.5 Å². The molecule has 1 fully saturated rings. The SMILES string of the molecule is CC(CNCc1cccc2cccnc12)N1CCCC1. The Balaban J connectivity index is 1.59. The number of fused-ring (bicyclic) bond motifs is 1. The molecule has 3 heteroatoms. The maximum Gasteiger partial charge on any atom is 0.0746 e. The third-order valence-electron chi connectivity index (χ3n) is 4.24. The summed E-state index contributed by atoms with van der Waals surface area (Å²) in [7, 11) is 0. The molecule has 1 atom stereocenters. The smallest absolute Gasteiger partial charge is 0.0746 e. The lowest BCUT2D eigenvalue weighted by Crippen LogP contribution is -2.38. The van der Waals surface area contributed by atoms with Gasteiger partial charge < -0.3 is 5.32 Å². The highest BCUT2D eigenvalue weighted by molar-refractivity contribution is 5.81. The minimum Gasteiger partial charge on any atom is -0.311 e. The first-order valence-corrected chi connectivity index (χ1v) is 7.62. The number of likely N-dealkylation sites (tertiary alicyclic amines) is 1. The number of hydrogen-bond acceptors (Lipinski definition) is 3. The summed E-state index contributed by atoms with van der Waals surface area (Å²) in [5.74, 6) is 0. The van der Waals surface area contributed by atoms with Gasteiger partial charge in [-0.15, -0.1) is 0 Å². The first-order valence-electron chi connectivity index (χ1n) is 7.62. The third-order valence-corrected chi connectivity index (χ3v) is 4.24. The molecule has 1 aromatic heterocycles. The zero-order chi connectivity index (χ0) is 13.8. The predicted molar refractivity (Wildman–Crippen MR) is 83.7 cm³/mol. The van der Waals surface area contributed by atoms with E-state index in [-0.39, 0.29) is 0 Å². The Morgan fingerprint density at radius 2 is 2.00 bits per heavy atom. The fourth-order valence-corrected chi connectivity index (χ4v) is 3.04. The van der Waals surface area contributed by atoms with E-state index in [1.54, 1.807) is 0 Å².